The van der Waals surface area contributed by atoms with Crippen LogP contribution < -0.4 is 9.62 Å². The van der Waals surface area contributed by atoms with Crippen molar-refractivity contribution in [2.24, 2.45) is 0 Å². The van der Waals surface area contributed by atoms with E-state index in [1.807, 2.05) is 81.4 Å². The molecule has 4 aromatic carbocycles. The van der Waals surface area contributed by atoms with Crippen LogP contribution in [0.1, 0.15) is 37.0 Å². The van der Waals surface area contributed by atoms with Crippen molar-refractivity contribution in [3.05, 3.63) is 131 Å². The van der Waals surface area contributed by atoms with Gasteiger partial charge in [0.2, 0.25) is 11.8 Å². The number of anilines is 1. The molecule has 0 aliphatic carbocycles. The lowest BCUT2D eigenvalue weighted by Crippen LogP contribution is -2.54. The van der Waals surface area contributed by atoms with E-state index in [0.717, 1.165) is 27.4 Å². The molecule has 0 heterocycles. The van der Waals surface area contributed by atoms with Crippen LogP contribution in [0.3, 0.4) is 0 Å². The second kappa shape index (κ2) is 15.0. The molecule has 4 rings (SSSR count). The first kappa shape index (κ1) is 32.8. The number of carbonyl (C=O) groups excluding carboxylic acids is 2. The average Bonchev–Trinajstić information content (AvgIpc) is 3.03. The average molecular weight is 632 g/mol. The summed E-state index contributed by atoms with van der Waals surface area (Å²) in [5, 5.41) is 3.48. The number of benzene rings is 4. The number of aryl methyl sites for hydroxylation is 1. The molecule has 1 N–H and O–H groups in total. The van der Waals surface area contributed by atoms with E-state index in [0.29, 0.717) is 5.02 Å². The van der Waals surface area contributed by atoms with Crippen molar-refractivity contribution >= 4 is 39.1 Å². The molecular formula is C35H38ClN3O4S. The minimum Gasteiger partial charge on any atom is -0.352 e. The van der Waals surface area contributed by atoms with Gasteiger partial charge < -0.3 is 10.2 Å². The maximum atomic E-state index is 14.4. The lowest BCUT2D eigenvalue weighted by Gasteiger charge is -2.34. The van der Waals surface area contributed by atoms with Crippen molar-refractivity contribution in [1.82, 2.24) is 10.2 Å². The van der Waals surface area contributed by atoms with Crippen LogP contribution in [0.15, 0.2) is 114 Å². The Bertz CT molecular complexity index is 1630. The molecule has 0 saturated carbocycles. The number of nitrogens with zero attached hydrogens (tertiary/aromatic N) is 2. The summed E-state index contributed by atoms with van der Waals surface area (Å²) in [5.41, 5.74) is 2.88. The zero-order valence-corrected chi connectivity index (χ0v) is 26.8. The summed E-state index contributed by atoms with van der Waals surface area (Å²) in [6, 6.07) is 30.6. The first-order valence-electron chi connectivity index (χ1n) is 14.6. The van der Waals surface area contributed by atoms with Crippen molar-refractivity contribution in [2.45, 2.75) is 57.1 Å². The number of amides is 2. The van der Waals surface area contributed by atoms with E-state index in [9.17, 15) is 18.0 Å². The monoisotopic (exact) mass is 631 g/mol. The molecule has 230 valence electrons. The molecule has 0 unspecified atom stereocenters. The minimum absolute atomic E-state index is 0.0517. The van der Waals surface area contributed by atoms with Gasteiger partial charge in [0.05, 0.1) is 10.6 Å². The normalized spacial score (nSPS) is 12.6. The van der Waals surface area contributed by atoms with Crippen LogP contribution in [0.25, 0.3) is 0 Å². The van der Waals surface area contributed by atoms with Gasteiger partial charge in [0.15, 0.2) is 0 Å². The quantitative estimate of drug-likeness (QED) is 0.185. The summed E-state index contributed by atoms with van der Waals surface area (Å²) in [6.45, 7) is 5.35. The fourth-order valence-corrected chi connectivity index (χ4v) is 6.29. The first-order valence-corrected chi connectivity index (χ1v) is 16.4. The fraction of sp³-hybridized carbons (Fsp3) is 0.257. The Balaban J connectivity index is 1.79. The van der Waals surface area contributed by atoms with E-state index in [-0.39, 0.29) is 35.5 Å². The van der Waals surface area contributed by atoms with Crippen LogP contribution in [0.4, 0.5) is 5.69 Å². The molecule has 0 saturated heterocycles. The van der Waals surface area contributed by atoms with Gasteiger partial charge in [0.1, 0.15) is 12.6 Å². The van der Waals surface area contributed by atoms with Gasteiger partial charge in [-0.2, -0.15) is 0 Å². The topological polar surface area (TPSA) is 86.8 Å². The highest BCUT2D eigenvalue weighted by atomic mass is 35.5. The summed E-state index contributed by atoms with van der Waals surface area (Å²) in [6.07, 6.45) is 0.975. The van der Waals surface area contributed by atoms with E-state index in [1.54, 1.807) is 36.4 Å². The predicted octanol–water partition coefficient (Wildman–Crippen LogP) is 6.40. The summed E-state index contributed by atoms with van der Waals surface area (Å²) >= 11 is 6.13. The molecule has 0 spiro atoms. The molecule has 0 bridgehead atoms. The van der Waals surface area contributed by atoms with Gasteiger partial charge in [0, 0.05) is 24.0 Å². The molecule has 4 aromatic rings. The van der Waals surface area contributed by atoms with Gasteiger partial charge in [0.25, 0.3) is 10.0 Å². The van der Waals surface area contributed by atoms with Crippen LogP contribution >= 0.6 is 11.6 Å². The summed E-state index contributed by atoms with van der Waals surface area (Å²) in [7, 11) is -4.17. The van der Waals surface area contributed by atoms with Gasteiger partial charge in [-0.3, -0.25) is 13.9 Å². The number of sulfonamides is 1. The smallest absolute Gasteiger partial charge is 0.264 e. The summed E-state index contributed by atoms with van der Waals surface area (Å²) < 4.78 is 29.2. The SMILES string of the molecule is CC[C@@H](C)NC(=O)[C@H](Cc1ccccc1)N(Cc1ccccc1)C(=O)CN(c1ccc(Cl)cc1)S(=O)(=O)c1ccc(C)cc1. The van der Waals surface area contributed by atoms with Crippen LogP contribution in [-0.2, 0) is 32.6 Å². The number of hydrogen-bond donors (Lipinski definition) is 1. The van der Waals surface area contributed by atoms with Crippen LogP contribution in [0.5, 0.6) is 0 Å². The maximum Gasteiger partial charge on any atom is 0.264 e. The predicted molar refractivity (Wildman–Crippen MR) is 176 cm³/mol. The lowest BCUT2D eigenvalue weighted by atomic mass is 10.0. The van der Waals surface area contributed by atoms with E-state index in [4.69, 9.17) is 11.6 Å². The first-order chi connectivity index (χ1) is 21.1. The molecule has 7 nitrogen and oxygen atoms in total. The Morgan fingerprint density at radius 3 is 1.95 bits per heavy atom. The zero-order valence-electron chi connectivity index (χ0n) is 25.2. The highest BCUT2D eigenvalue weighted by molar-refractivity contribution is 7.92. The van der Waals surface area contributed by atoms with Crippen LogP contribution in [-0.4, -0.2) is 43.8 Å². The van der Waals surface area contributed by atoms with Crippen molar-refractivity contribution in [3.63, 3.8) is 0 Å². The number of halogens is 1. The van der Waals surface area contributed by atoms with Gasteiger partial charge in [-0.15, -0.1) is 0 Å². The van der Waals surface area contributed by atoms with Crippen LogP contribution in [0.2, 0.25) is 5.02 Å². The fourth-order valence-electron chi connectivity index (χ4n) is 4.75. The van der Waals surface area contributed by atoms with Crippen molar-refractivity contribution < 1.29 is 18.0 Å². The third-order valence-electron chi connectivity index (χ3n) is 7.47. The van der Waals surface area contributed by atoms with E-state index < -0.39 is 28.5 Å². The summed E-state index contributed by atoms with van der Waals surface area (Å²) in [4.78, 5) is 29.8. The Hall–Kier alpha value is -4.14. The molecule has 0 radical (unpaired) electrons. The molecule has 0 fully saturated rings. The molecular weight excluding hydrogens is 594 g/mol. The van der Waals surface area contributed by atoms with Crippen molar-refractivity contribution in [3.8, 4) is 0 Å². The molecule has 2 amide bonds. The zero-order chi connectivity index (χ0) is 31.7. The number of nitrogens with one attached hydrogen (secondary N) is 1. The molecule has 0 aliphatic rings. The van der Waals surface area contributed by atoms with Gasteiger partial charge in [-0.1, -0.05) is 96.9 Å². The molecule has 0 aliphatic heterocycles. The van der Waals surface area contributed by atoms with Gasteiger partial charge >= 0.3 is 0 Å². The molecule has 0 aromatic heterocycles. The number of hydrogen-bond acceptors (Lipinski definition) is 4. The third-order valence-corrected chi connectivity index (χ3v) is 9.51. The molecule has 2 atom stereocenters. The Labute approximate surface area is 265 Å². The third kappa shape index (κ3) is 8.49. The largest absolute Gasteiger partial charge is 0.352 e. The van der Waals surface area contributed by atoms with Crippen LogP contribution in [0, 0.1) is 6.92 Å². The van der Waals surface area contributed by atoms with E-state index >= 15 is 0 Å². The van der Waals surface area contributed by atoms with E-state index in [2.05, 4.69) is 5.32 Å². The lowest BCUT2D eigenvalue weighted by molar-refractivity contribution is -0.140. The van der Waals surface area contributed by atoms with Crippen molar-refractivity contribution in [1.29, 1.82) is 0 Å². The van der Waals surface area contributed by atoms with Gasteiger partial charge in [-0.05, 0) is 67.8 Å². The Kier molecular flexibility index (Phi) is 11.2. The second-order valence-corrected chi connectivity index (χ2v) is 13.1. The second-order valence-electron chi connectivity index (χ2n) is 10.8. The maximum absolute atomic E-state index is 14.4. The Morgan fingerprint density at radius 1 is 0.818 bits per heavy atom. The minimum atomic E-state index is -4.17. The summed E-state index contributed by atoms with van der Waals surface area (Å²) in [5.74, 6) is -0.813. The molecule has 44 heavy (non-hydrogen) atoms. The van der Waals surface area contributed by atoms with Gasteiger partial charge in [-0.25, -0.2) is 8.42 Å². The molecule has 9 heteroatoms. The standard InChI is InChI=1S/C35H38ClN3O4S/c1-4-27(3)37-35(41)33(23-28-11-7-5-8-12-28)38(24-29-13-9-6-10-14-29)34(40)25-39(31-19-17-30(36)18-20-31)44(42,43)32-21-15-26(2)16-22-32/h5-22,27,33H,4,23-25H2,1-3H3,(H,37,41)/t27-,33+/m1/s1. The highest BCUT2D eigenvalue weighted by Crippen LogP contribution is 2.26. The van der Waals surface area contributed by atoms with E-state index in [1.165, 1.54) is 17.0 Å². The van der Waals surface area contributed by atoms with Crippen molar-refractivity contribution in [2.75, 3.05) is 10.8 Å². The number of rotatable bonds is 13. The Morgan fingerprint density at radius 2 is 1.39 bits per heavy atom. The highest BCUT2D eigenvalue weighted by Gasteiger charge is 2.35. The number of carbonyl (C=O) groups is 2.